The Morgan fingerprint density at radius 1 is 0.500 bits per heavy atom. The lowest BCUT2D eigenvalue weighted by Gasteiger charge is -2.35. The lowest BCUT2D eigenvalue weighted by Crippen LogP contribution is -2.54. The van der Waals surface area contributed by atoms with Crippen molar-refractivity contribution in [3.05, 3.63) is 84.9 Å². The molecule has 1 fully saturated rings. The Balaban J connectivity index is 1.53. The van der Waals surface area contributed by atoms with Gasteiger partial charge in [-0.05, 0) is 22.9 Å². The molecule has 28 heavy (non-hydrogen) atoms. The fourth-order valence-corrected chi connectivity index (χ4v) is 3.94. The molecule has 0 bridgehead atoms. The average molecular weight is 366 g/mol. The first-order chi connectivity index (χ1) is 13.7. The minimum atomic E-state index is -0.0797. The van der Waals surface area contributed by atoms with Gasteiger partial charge in [-0.2, -0.15) is 0 Å². The summed E-state index contributed by atoms with van der Waals surface area (Å²) in [4.78, 5) is 29.3. The van der Waals surface area contributed by atoms with Gasteiger partial charge in [-0.15, -0.1) is 0 Å². The molecule has 0 atom stereocenters. The molecule has 1 aliphatic rings. The smallest absolute Gasteiger partial charge is 0.247 e. The second-order valence-electron chi connectivity index (χ2n) is 6.96. The van der Waals surface area contributed by atoms with Crippen molar-refractivity contribution in [2.45, 2.75) is 0 Å². The van der Waals surface area contributed by atoms with Gasteiger partial charge < -0.3 is 9.80 Å². The van der Waals surface area contributed by atoms with Gasteiger partial charge in [0, 0.05) is 10.8 Å². The van der Waals surface area contributed by atoms with Crippen LogP contribution < -0.4 is 9.80 Å². The zero-order valence-electron chi connectivity index (χ0n) is 15.2. The number of amides is 2. The van der Waals surface area contributed by atoms with Crippen LogP contribution in [0.25, 0.3) is 21.5 Å². The molecule has 0 aliphatic carbocycles. The normalized spacial score (nSPS) is 14.9. The van der Waals surface area contributed by atoms with E-state index in [1.165, 1.54) is 0 Å². The third kappa shape index (κ3) is 2.62. The minimum Gasteiger partial charge on any atom is -0.301 e. The van der Waals surface area contributed by atoms with E-state index in [0.29, 0.717) is 0 Å². The van der Waals surface area contributed by atoms with E-state index in [4.69, 9.17) is 0 Å². The molecule has 0 unspecified atom stereocenters. The van der Waals surface area contributed by atoms with Crippen molar-refractivity contribution < 1.29 is 9.59 Å². The van der Waals surface area contributed by atoms with Crippen LogP contribution in [0.1, 0.15) is 0 Å². The first-order valence-corrected chi connectivity index (χ1v) is 9.28. The zero-order valence-corrected chi connectivity index (χ0v) is 15.2. The number of nitrogens with zero attached hydrogens (tertiary/aromatic N) is 2. The topological polar surface area (TPSA) is 40.6 Å². The van der Waals surface area contributed by atoms with Gasteiger partial charge in [0.15, 0.2) is 0 Å². The van der Waals surface area contributed by atoms with Crippen LogP contribution in [0.2, 0.25) is 0 Å². The molecule has 0 saturated carbocycles. The Labute approximate surface area is 162 Å². The summed E-state index contributed by atoms with van der Waals surface area (Å²) >= 11 is 0. The minimum absolute atomic E-state index is 0.0378. The highest BCUT2D eigenvalue weighted by atomic mass is 16.2. The number of carbonyl (C=O) groups is 2. The molecular formula is C24H18N2O2. The summed E-state index contributed by atoms with van der Waals surface area (Å²) in [6.07, 6.45) is 0. The summed E-state index contributed by atoms with van der Waals surface area (Å²) in [5.41, 5.74) is 1.57. The molecule has 0 aromatic heterocycles. The number of fused-ring (bicyclic) bond motifs is 2. The molecule has 4 aromatic carbocycles. The maximum absolute atomic E-state index is 13.0. The van der Waals surface area contributed by atoms with E-state index >= 15 is 0 Å². The fourth-order valence-electron chi connectivity index (χ4n) is 3.94. The largest absolute Gasteiger partial charge is 0.301 e. The van der Waals surface area contributed by atoms with Gasteiger partial charge in [0.25, 0.3) is 0 Å². The van der Waals surface area contributed by atoms with Gasteiger partial charge in [0.1, 0.15) is 13.1 Å². The molecule has 4 heteroatoms. The van der Waals surface area contributed by atoms with Crippen LogP contribution in [0.4, 0.5) is 11.4 Å². The molecule has 2 amide bonds. The number of carbonyl (C=O) groups excluding carboxylic acids is 2. The van der Waals surface area contributed by atoms with E-state index in [1.807, 2.05) is 84.9 Å². The summed E-state index contributed by atoms with van der Waals surface area (Å²) in [5, 5.41) is 4.06. The quantitative estimate of drug-likeness (QED) is 0.528. The van der Waals surface area contributed by atoms with Gasteiger partial charge in [-0.3, -0.25) is 9.59 Å². The van der Waals surface area contributed by atoms with Crippen LogP contribution in [0.3, 0.4) is 0 Å². The highest BCUT2D eigenvalue weighted by Crippen LogP contribution is 2.31. The highest BCUT2D eigenvalue weighted by Gasteiger charge is 2.33. The molecule has 1 heterocycles. The molecule has 0 N–H and O–H groups in total. The van der Waals surface area contributed by atoms with E-state index in [0.717, 1.165) is 32.9 Å². The van der Waals surface area contributed by atoms with Gasteiger partial charge in [-0.1, -0.05) is 72.8 Å². The van der Waals surface area contributed by atoms with Crippen molar-refractivity contribution in [1.29, 1.82) is 0 Å². The zero-order chi connectivity index (χ0) is 19.1. The summed E-state index contributed by atoms with van der Waals surface area (Å²) in [7, 11) is 0. The Bertz CT molecular complexity index is 1120. The Kier molecular flexibility index (Phi) is 3.83. The van der Waals surface area contributed by atoms with E-state index in [-0.39, 0.29) is 24.9 Å². The molecule has 1 aliphatic heterocycles. The molecular weight excluding hydrogens is 348 g/mol. The van der Waals surface area contributed by atoms with Gasteiger partial charge in [0.2, 0.25) is 11.8 Å². The molecule has 5 rings (SSSR count). The summed E-state index contributed by atoms with van der Waals surface area (Å²) < 4.78 is 0. The number of benzene rings is 4. The summed E-state index contributed by atoms with van der Waals surface area (Å²) in [6.45, 7) is 0.0755. The van der Waals surface area contributed by atoms with E-state index < -0.39 is 0 Å². The second-order valence-corrected chi connectivity index (χ2v) is 6.96. The van der Waals surface area contributed by atoms with Crippen molar-refractivity contribution in [1.82, 2.24) is 0 Å². The molecule has 4 nitrogen and oxygen atoms in total. The third-order valence-corrected chi connectivity index (χ3v) is 5.30. The van der Waals surface area contributed by atoms with E-state index in [1.54, 1.807) is 9.80 Å². The second kappa shape index (κ2) is 6.50. The van der Waals surface area contributed by atoms with E-state index in [9.17, 15) is 9.59 Å². The van der Waals surface area contributed by atoms with Crippen LogP contribution in [0.5, 0.6) is 0 Å². The number of anilines is 2. The van der Waals surface area contributed by atoms with Gasteiger partial charge in [-0.25, -0.2) is 0 Å². The highest BCUT2D eigenvalue weighted by molar-refractivity contribution is 6.17. The molecule has 4 aromatic rings. The van der Waals surface area contributed by atoms with E-state index in [2.05, 4.69) is 0 Å². The number of hydrogen-bond acceptors (Lipinski definition) is 2. The predicted molar refractivity (Wildman–Crippen MR) is 113 cm³/mol. The lowest BCUT2D eigenvalue weighted by atomic mass is 10.1. The van der Waals surface area contributed by atoms with Crippen molar-refractivity contribution >= 4 is 44.7 Å². The SMILES string of the molecule is O=C1CN(c2cccc3ccccc23)C(=O)CN1c1cccc2ccccc12. The lowest BCUT2D eigenvalue weighted by molar-refractivity contribution is -0.125. The molecule has 136 valence electrons. The number of rotatable bonds is 2. The average Bonchev–Trinajstić information content (AvgIpc) is 2.74. The van der Waals surface area contributed by atoms with Crippen molar-refractivity contribution in [2.75, 3.05) is 22.9 Å². The third-order valence-electron chi connectivity index (χ3n) is 5.30. The van der Waals surface area contributed by atoms with Crippen LogP contribution in [0, 0.1) is 0 Å². The summed E-state index contributed by atoms with van der Waals surface area (Å²) in [5.74, 6) is -0.159. The first kappa shape index (κ1) is 16.5. The molecule has 1 saturated heterocycles. The fraction of sp³-hybridized carbons (Fsp3) is 0.0833. The predicted octanol–water partition coefficient (Wildman–Crippen LogP) is 4.37. The maximum Gasteiger partial charge on any atom is 0.247 e. The Morgan fingerprint density at radius 2 is 0.893 bits per heavy atom. The van der Waals surface area contributed by atoms with Crippen LogP contribution in [-0.4, -0.2) is 24.9 Å². The number of piperazine rings is 1. The first-order valence-electron chi connectivity index (χ1n) is 9.28. The van der Waals surface area contributed by atoms with Crippen LogP contribution >= 0.6 is 0 Å². The monoisotopic (exact) mass is 366 g/mol. The summed E-state index contributed by atoms with van der Waals surface area (Å²) in [6, 6.07) is 27.5. The van der Waals surface area contributed by atoms with Crippen molar-refractivity contribution in [2.24, 2.45) is 0 Å². The molecule has 0 radical (unpaired) electrons. The van der Waals surface area contributed by atoms with Crippen LogP contribution in [-0.2, 0) is 9.59 Å². The maximum atomic E-state index is 13.0. The Hall–Kier alpha value is -3.66. The van der Waals surface area contributed by atoms with Gasteiger partial charge >= 0.3 is 0 Å². The molecule has 0 spiro atoms. The Morgan fingerprint density at radius 3 is 1.36 bits per heavy atom. The van der Waals surface area contributed by atoms with Crippen LogP contribution in [0.15, 0.2) is 84.9 Å². The standard InChI is InChI=1S/C24H18N2O2/c27-23-16-26(22-14-6-10-18-8-2-4-12-20(18)22)24(28)15-25(23)21-13-5-9-17-7-1-3-11-19(17)21/h1-14H,15-16H2. The van der Waals surface area contributed by atoms with Gasteiger partial charge in [0.05, 0.1) is 11.4 Å². The van der Waals surface area contributed by atoms with Crippen molar-refractivity contribution in [3.63, 3.8) is 0 Å². The number of hydrogen-bond donors (Lipinski definition) is 0. The van der Waals surface area contributed by atoms with Crippen molar-refractivity contribution in [3.8, 4) is 0 Å².